The number of piperazine rings is 1. The topological polar surface area (TPSA) is 65.5 Å². The molecule has 6 nitrogen and oxygen atoms in total. The molecule has 1 N–H and O–H groups in total. The number of hydrogen-bond acceptors (Lipinski definition) is 4. The summed E-state index contributed by atoms with van der Waals surface area (Å²) in [5.41, 5.74) is -0.388. The van der Waals surface area contributed by atoms with Crippen molar-refractivity contribution in [3.8, 4) is 0 Å². The zero-order valence-corrected chi connectivity index (χ0v) is 14.5. The number of carbonyl (C=O) groups excluding carboxylic acids is 2. The Morgan fingerprint density at radius 3 is 2.44 bits per heavy atom. The van der Waals surface area contributed by atoms with Crippen molar-refractivity contribution in [1.82, 2.24) is 14.8 Å². The maximum Gasteiger partial charge on any atom is 0.274 e. The quantitative estimate of drug-likeness (QED) is 0.832. The van der Waals surface area contributed by atoms with Crippen molar-refractivity contribution in [3.63, 3.8) is 0 Å². The van der Waals surface area contributed by atoms with Gasteiger partial charge in [0.05, 0.1) is 5.69 Å². The molecule has 0 radical (unpaired) electrons. The highest BCUT2D eigenvalue weighted by atomic mass is 19.2. The summed E-state index contributed by atoms with van der Waals surface area (Å²) in [5.74, 6) is -5.62. The van der Waals surface area contributed by atoms with Gasteiger partial charge in [-0.05, 0) is 31.3 Å². The van der Waals surface area contributed by atoms with E-state index in [2.05, 4.69) is 15.2 Å². The Morgan fingerprint density at radius 2 is 1.74 bits per heavy atom. The van der Waals surface area contributed by atoms with Crippen LogP contribution >= 0.6 is 0 Å². The lowest BCUT2D eigenvalue weighted by molar-refractivity contribution is 0.0664. The predicted octanol–water partition coefficient (Wildman–Crippen LogP) is 2.14. The minimum absolute atomic E-state index is 0.140. The SMILES string of the molecule is CN1CCN(C(=O)c2ccnc(C(=O)Nc3ccc(F)c(F)c3F)c2)CC1. The molecule has 3 rings (SSSR count). The first-order chi connectivity index (χ1) is 12.9. The molecule has 1 saturated heterocycles. The third-order valence-corrected chi connectivity index (χ3v) is 4.31. The largest absolute Gasteiger partial charge is 0.336 e. The molecule has 1 aromatic carbocycles. The summed E-state index contributed by atoms with van der Waals surface area (Å²) >= 11 is 0. The highest BCUT2D eigenvalue weighted by molar-refractivity contribution is 6.04. The van der Waals surface area contributed by atoms with E-state index in [1.807, 2.05) is 7.05 Å². The summed E-state index contributed by atoms with van der Waals surface area (Å²) in [6, 6.07) is 4.38. The highest BCUT2D eigenvalue weighted by Gasteiger charge is 2.22. The molecule has 27 heavy (non-hydrogen) atoms. The van der Waals surface area contributed by atoms with E-state index in [4.69, 9.17) is 0 Å². The van der Waals surface area contributed by atoms with Crippen LogP contribution < -0.4 is 5.32 Å². The van der Waals surface area contributed by atoms with Crippen LogP contribution in [-0.2, 0) is 0 Å². The van der Waals surface area contributed by atoms with Gasteiger partial charge in [-0.3, -0.25) is 14.6 Å². The van der Waals surface area contributed by atoms with Gasteiger partial charge < -0.3 is 15.1 Å². The minimum atomic E-state index is -1.68. The lowest BCUT2D eigenvalue weighted by atomic mass is 10.1. The predicted molar refractivity (Wildman–Crippen MR) is 91.9 cm³/mol. The zero-order valence-electron chi connectivity index (χ0n) is 14.5. The summed E-state index contributed by atoms with van der Waals surface area (Å²) in [5, 5.41) is 2.13. The van der Waals surface area contributed by atoms with Gasteiger partial charge in [0.1, 0.15) is 5.69 Å². The van der Waals surface area contributed by atoms with E-state index in [-0.39, 0.29) is 17.2 Å². The molecule has 1 aliphatic rings. The number of benzene rings is 1. The minimum Gasteiger partial charge on any atom is -0.336 e. The monoisotopic (exact) mass is 378 g/mol. The normalized spacial score (nSPS) is 14.9. The van der Waals surface area contributed by atoms with Crippen LogP contribution in [0.4, 0.5) is 18.9 Å². The Labute approximate surface area is 153 Å². The van der Waals surface area contributed by atoms with Gasteiger partial charge in [0.25, 0.3) is 11.8 Å². The number of aromatic nitrogens is 1. The number of amides is 2. The Balaban J connectivity index is 1.76. The molecular formula is C18H17F3N4O2. The number of anilines is 1. The van der Waals surface area contributed by atoms with E-state index in [9.17, 15) is 22.8 Å². The standard InChI is InChI=1S/C18H17F3N4O2/c1-24-6-8-25(9-7-24)18(27)11-4-5-22-14(10-11)17(26)23-13-3-2-12(19)15(20)16(13)21/h2-5,10H,6-9H2,1H3,(H,23,26). The number of carbonyl (C=O) groups is 2. The third-order valence-electron chi connectivity index (χ3n) is 4.31. The van der Waals surface area contributed by atoms with Crippen LogP contribution in [0.1, 0.15) is 20.8 Å². The van der Waals surface area contributed by atoms with Crippen molar-refractivity contribution in [2.75, 3.05) is 38.5 Å². The molecule has 1 aromatic heterocycles. The molecule has 0 spiro atoms. The second kappa shape index (κ2) is 7.75. The van der Waals surface area contributed by atoms with Gasteiger partial charge in [-0.2, -0.15) is 0 Å². The van der Waals surface area contributed by atoms with Crippen molar-refractivity contribution >= 4 is 17.5 Å². The molecule has 0 aliphatic carbocycles. The van der Waals surface area contributed by atoms with E-state index in [0.717, 1.165) is 19.2 Å². The first-order valence-corrected chi connectivity index (χ1v) is 8.25. The molecular weight excluding hydrogens is 361 g/mol. The van der Waals surface area contributed by atoms with Gasteiger partial charge in [-0.15, -0.1) is 0 Å². The Morgan fingerprint density at radius 1 is 1.04 bits per heavy atom. The van der Waals surface area contributed by atoms with Gasteiger partial charge in [-0.1, -0.05) is 0 Å². The van der Waals surface area contributed by atoms with Gasteiger partial charge in [0, 0.05) is 37.9 Å². The van der Waals surface area contributed by atoms with Crippen LogP contribution in [-0.4, -0.2) is 59.8 Å². The molecule has 0 unspecified atom stereocenters. The lowest BCUT2D eigenvalue weighted by Gasteiger charge is -2.32. The number of pyridine rings is 1. The third kappa shape index (κ3) is 4.08. The van der Waals surface area contributed by atoms with Crippen LogP contribution in [0.3, 0.4) is 0 Å². The van der Waals surface area contributed by atoms with Gasteiger partial charge in [0.15, 0.2) is 17.5 Å². The van der Waals surface area contributed by atoms with E-state index in [0.29, 0.717) is 19.2 Å². The molecule has 1 aliphatic heterocycles. The summed E-state index contributed by atoms with van der Waals surface area (Å²) in [4.78, 5) is 32.5. The summed E-state index contributed by atoms with van der Waals surface area (Å²) in [6.07, 6.45) is 1.29. The molecule has 9 heteroatoms. The van der Waals surface area contributed by atoms with Crippen molar-refractivity contribution in [2.24, 2.45) is 0 Å². The van der Waals surface area contributed by atoms with Crippen LogP contribution in [0.25, 0.3) is 0 Å². The fourth-order valence-corrected chi connectivity index (χ4v) is 2.69. The van der Waals surface area contributed by atoms with Gasteiger partial charge in [-0.25, -0.2) is 13.2 Å². The highest BCUT2D eigenvalue weighted by Crippen LogP contribution is 2.20. The van der Waals surface area contributed by atoms with Crippen LogP contribution in [0.15, 0.2) is 30.5 Å². The number of nitrogens with one attached hydrogen (secondary N) is 1. The zero-order chi connectivity index (χ0) is 19.6. The van der Waals surface area contributed by atoms with Gasteiger partial charge in [0.2, 0.25) is 0 Å². The van der Waals surface area contributed by atoms with E-state index in [1.165, 1.54) is 18.3 Å². The first-order valence-electron chi connectivity index (χ1n) is 8.25. The maximum absolute atomic E-state index is 13.7. The van der Waals surface area contributed by atoms with Crippen molar-refractivity contribution in [1.29, 1.82) is 0 Å². The molecule has 2 amide bonds. The van der Waals surface area contributed by atoms with Crippen molar-refractivity contribution in [3.05, 3.63) is 59.2 Å². The molecule has 0 bridgehead atoms. The van der Waals surface area contributed by atoms with Gasteiger partial charge >= 0.3 is 0 Å². The molecule has 142 valence electrons. The number of rotatable bonds is 3. The van der Waals surface area contributed by atoms with Crippen LogP contribution in [0.5, 0.6) is 0 Å². The number of halogens is 3. The average molecular weight is 378 g/mol. The van der Waals surface area contributed by atoms with E-state index < -0.39 is 29.0 Å². The first kappa shape index (κ1) is 18.8. The second-order valence-corrected chi connectivity index (χ2v) is 6.20. The van der Waals surface area contributed by atoms with E-state index in [1.54, 1.807) is 4.90 Å². The molecule has 2 aromatic rings. The van der Waals surface area contributed by atoms with Crippen LogP contribution in [0, 0.1) is 17.5 Å². The molecule has 0 saturated carbocycles. The number of nitrogens with zero attached hydrogens (tertiary/aromatic N) is 3. The Bertz CT molecular complexity index is 883. The Hall–Kier alpha value is -2.94. The second-order valence-electron chi connectivity index (χ2n) is 6.20. The number of likely N-dealkylation sites (N-methyl/N-ethyl adjacent to an activating group) is 1. The summed E-state index contributed by atoms with van der Waals surface area (Å²) in [7, 11) is 1.97. The summed E-state index contributed by atoms with van der Waals surface area (Å²) < 4.78 is 40.0. The van der Waals surface area contributed by atoms with Crippen molar-refractivity contribution in [2.45, 2.75) is 0 Å². The van der Waals surface area contributed by atoms with Crippen molar-refractivity contribution < 1.29 is 22.8 Å². The fraction of sp³-hybridized carbons (Fsp3) is 0.278. The average Bonchev–Trinajstić information content (AvgIpc) is 2.68. The molecule has 1 fully saturated rings. The van der Waals surface area contributed by atoms with E-state index >= 15 is 0 Å². The molecule has 2 heterocycles. The maximum atomic E-state index is 13.7. The van der Waals surface area contributed by atoms with Crippen LogP contribution in [0.2, 0.25) is 0 Å². The lowest BCUT2D eigenvalue weighted by Crippen LogP contribution is -2.47. The summed E-state index contributed by atoms with van der Waals surface area (Å²) in [6.45, 7) is 2.64. The smallest absolute Gasteiger partial charge is 0.274 e. The molecule has 0 atom stereocenters. The number of hydrogen-bond donors (Lipinski definition) is 1. The Kier molecular flexibility index (Phi) is 5.41. The fourth-order valence-electron chi connectivity index (χ4n) is 2.69.